The van der Waals surface area contributed by atoms with Crippen molar-refractivity contribution in [3.05, 3.63) is 30.3 Å². The van der Waals surface area contributed by atoms with E-state index in [0.29, 0.717) is 11.4 Å². The van der Waals surface area contributed by atoms with Crippen LogP contribution < -0.4 is 10.6 Å². The first-order valence-electron chi connectivity index (χ1n) is 7.03. The maximum atomic E-state index is 12.0. The van der Waals surface area contributed by atoms with E-state index in [4.69, 9.17) is 4.74 Å². The van der Waals surface area contributed by atoms with E-state index in [1.54, 1.807) is 19.1 Å². The van der Waals surface area contributed by atoms with Crippen molar-refractivity contribution < 1.29 is 19.1 Å². The van der Waals surface area contributed by atoms with Gasteiger partial charge in [-0.3, -0.25) is 9.59 Å². The van der Waals surface area contributed by atoms with Crippen molar-refractivity contribution in [2.75, 3.05) is 17.7 Å². The summed E-state index contributed by atoms with van der Waals surface area (Å²) < 4.78 is 4.88. The van der Waals surface area contributed by atoms with Crippen molar-refractivity contribution in [2.45, 2.75) is 24.6 Å². The lowest BCUT2D eigenvalue weighted by Crippen LogP contribution is -2.51. The van der Waals surface area contributed by atoms with Gasteiger partial charge in [0, 0.05) is 17.9 Å². The van der Waals surface area contributed by atoms with Gasteiger partial charge in [-0.25, -0.2) is 4.79 Å². The largest absolute Gasteiger partial charge is 0.464 e. The van der Waals surface area contributed by atoms with Crippen LogP contribution >= 0.6 is 11.8 Å². The summed E-state index contributed by atoms with van der Waals surface area (Å²) in [6, 6.07) is 8.43. The third-order valence-corrected chi connectivity index (χ3v) is 4.38. The summed E-state index contributed by atoms with van der Waals surface area (Å²) in [5, 5.41) is 4.85. The number of hydrogen-bond acceptors (Lipinski definition) is 5. The molecule has 118 valence electrons. The van der Waals surface area contributed by atoms with Gasteiger partial charge in [0.1, 0.15) is 6.04 Å². The Hall–Kier alpha value is -2.02. The Morgan fingerprint density at radius 1 is 1.36 bits per heavy atom. The van der Waals surface area contributed by atoms with Gasteiger partial charge in [-0.1, -0.05) is 18.2 Å². The molecule has 22 heavy (non-hydrogen) atoms. The molecule has 2 atom stereocenters. The Bertz CT molecular complexity index is 550. The minimum atomic E-state index is -0.633. The monoisotopic (exact) mass is 322 g/mol. The first-order valence-corrected chi connectivity index (χ1v) is 8.08. The molecule has 1 heterocycles. The third-order valence-electron chi connectivity index (χ3n) is 3.07. The number of esters is 1. The molecule has 2 N–H and O–H groups in total. The minimum Gasteiger partial charge on any atom is -0.464 e. The summed E-state index contributed by atoms with van der Waals surface area (Å²) in [6.45, 7) is 1.99. The van der Waals surface area contributed by atoms with E-state index in [2.05, 4.69) is 10.6 Å². The molecule has 6 nitrogen and oxygen atoms in total. The third kappa shape index (κ3) is 4.49. The summed E-state index contributed by atoms with van der Waals surface area (Å²) in [5.74, 6) is -0.560. The van der Waals surface area contributed by atoms with Gasteiger partial charge in [-0.15, -0.1) is 11.8 Å². The minimum absolute atomic E-state index is 0.0704. The summed E-state index contributed by atoms with van der Waals surface area (Å²) in [4.78, 5) is 35.5. The molecule has 2 rings (SSSR count). The van der Waals surface area contributed by atoms with Crippen LogP contribution in [-0.4, -0.2) is 41.4 Å². The first-order chi connectivity index (χ1) is 10.6. The number of rotatable bonds is 5. The second-order valence-electron chi connectivity index (χ2n) is 4.75. The number of carbonyl (C=O) groups excluding carboxylic acids is 3. The average Bonchev–Trinajstić information content (AvgIpc) is 2.50. The predicted octanol–water partition coefficient (Wildman–Crippen LogP) is 1.18. The fourth-order valence-electron chi connectivity index (χ4n) is 2.02. The van der Waals surface area contributed by atoms with Crippen LogP contribution in [0.4, 0.5) is 5.69 Å². The number of anilines is 1. The zero-order chi connectivity index (χ0) is 15.9. The molecule has 0 spiro atoms. The molecule has 0 saturated carbocycles. The van der Waals surface area contributed by atoms with E-state index in [9.17, 15) is 14.4 Å². The predicted molar refractivity (Wildman–Crippen MR) is 84.5 cm³/mol. The van der Waals surface area contributed by atoms with Crippen LogP contribution in [0.5, 0.6) is 0 Å². The van der Waals surface area contributed by atoms with Crippen molar-refractivity contribution in [3.63, 3.8) is 0 Å². The number of benzene rings is 1. The van der Waals surface area contributed by atoms with Gasteiger partial charge in [0.05, 0.1) is 11.9 Å². The normalized spacial score (nSPS) is 20.9. The summed E-state index contributed by atoms with van der Waals surface area (Å²) in [7, 11) is 0. The molecule has 0 radical (unpaired) electrons. The van der Waals surface area contributed by atoms with Crippen molar-refractivity contribution >= 4 is 35.2 Å². The number of nitrogens with one attached hydrogen (secondary N) is 2. The Morgan fingerprint density at radius 2 is 2.09 bits per heavy atom. The highest BCUT2D eigenvalue weighted by molar-refractivity contribution is 8.00. The fourth-order valence-corrected chi connectivity index (χ4v) is 3.15. The van der Waals surface area contributed by atoms with Gasteiger partial charge >= 0.3 is 5.97 Å². The van der Waals surface area contributed by atoms with Gasteiger partial charge in [0.15, 0.2) is 0 Å². The summed E-state index contributed by atoms with van der Waals surface area (Å²) >= 11 is 1.30. The van der Waals surface area contributed by atoms with E-state index < -0.39 is 17.3 Å². The Kier molecular flexibility index (Phi) is 5.83. The SMILES string of the molecule is CCOC(=O)[C@H]1CS[C@@H](CC(=O)Nc2ccccc2)C(=O)N1. The molecule has 2 amide bonds. The van der Waals surface area contributed by atoms with Gasteiger partial charge in [-0.05, 0) is 19.1 Å². The Balaban J connectivity index is 1.83. The highest BCUT2D eigenvalue weighted by Gasteiger charge is 2.34. The van der Waals surface area contributed by atoms with Crippen LogP contribution in [0.15, 0.2) is 30.3 Å². The molecular weight excluding hydrogens is 304 g/mol. The second-order valence-corrected chi connectivity index (χ2v) is 5.99. The zero-order valence-electron chi connectivity index (χ0n) is 12.2. The van der Waals surface area contributed by atoms with Crippen molar-refractivity contribution in [1.82, 2.24) is 5.32 Å². The van der Waals surface area contributed by atoms with E-state index in [1.165, 1.54) is 11.8 Å². The van der Waals surface area contributed by atoms with E-state index in [1.807, 2.05) is 18.2 Å². The maximum Gasteiger partial charge on any atom is 0.329 e. The van der Waals surface area contributed by atoms with Crippen LogP contribution in [-0.2, 0) is 19.1 Å². The van der Waals surface area contributed by atoms with E-state index in [-0.39, 0.29) is 24.8 Å². The van der Waals surface area contributed by atoms with Crippen LogP contribution in [0.2, 0.25) is 0 Å². The number of thioether (sulfide) groups is 1. The lowest BCUT2D eigenvalue weighted by molar-refractivity contribution is -0.146. The van der Waals surface area contributed by atoms with Crippen LogP contribution in [0.25, 0.3) is 0 Å². The number of hydrogen-bond donors (Lipinski definition) is 2. The summed E-state index contributed by atoms with van der Waals surface area (Å²) in [5.41, 5.74) is 0.693. The maximum absolute atomic E-state index is 12.0. The van der Waals surface area contributed by atoms with Gasteiger partial charge in [0.2, 0.25) is 11.8 Å². The molecule has 0 bridgehead atoms. The van der Waals surface area contributed by atoms with Crippen molar-refractivity contribution in [3.8, 4) is 0 Å². The van der Waals surface area contributed by atoms with Crippen molar-refractivity contribution in [2.24, 2.45) is 0 Å². The topological polar surface area (TPSA) is 84.5 Å². The second kappa shape index (κ2) is 7.84. The molecule has 1 saturated heterocycles. The average molecular weight is 322 g/mol. The smallest absolute Gasteiger partial charge is 0.329 e. The quantitative estimate of drug-likeness (QED) is 0.795. The molecule has 0 unspecified atom stereocenters. The van der Waals surface area contributed by atoms with Crippen LogP contribution in [0, 0.1) is 0 Å². The van der Waals surface area contributed by atoms with Crippen molar-refractivity contribution in [1.29, 1.82) is 0 Å². The molecule has 1 aliphatic heterocycles. The lowest BCUT2D eigenvalue weighted by atomic mass is 10.2. The Labute approximate surface area is 133 Å². The highest BCUT2D eigenvalue weighted by atomic mass is 32.2. The van der Waals surface area contributed by atoms with E-state index in [0.717, 1.165) is 0 Å². The standard InChI is InChI=1S/C15H18N2O4S/c1-2-21-15(20)11-9-22-12(14(19)17-11)8-13(18)16-10-6-4-3-5-7-10/h3-7,11-12H,2,8-9H2,1H3,(H,16,18)(H,17,19)/t11-,12+/m1/s1. The van der Waals surface area contributed by atoms with Gasteiger partial charge in [-0.2, -0.15) is 0 Å². The molecule has 1 fully saturated rings. The van der Waals surface area contributed by atoms with Crippen LogP contribution in [0.1, 0.15) is 13.3 Å². The lowest BCUT2D eigenvalue weighted by Gasteiger charge is -2.27. The number of para-hydroxylation sites is 1. The van der Waals surface area contributed by atoms with Gasteiger partial charge in [0.25, 0.3) is 0 Å². The number of ether oxygens (including phenoxy) is 1. The van der Waals surface area contributed by atoms with E-state index >= 15 is 0 Å². The molecule has 1 aliphatic rings. The zero-order valence-corrected chi connectivity index (χ0v) is 13.0. The number of amides is 2. The summed E-state index contributed by atoms with van der Waals surface area (Å²) in [6.07, 6.45) is 0.0704. The molecular formula is C15H18N2O4S. The molecule has 0 aromatic heterocycles. The number of carbonyl (C=O) groups is 3. The molecule has 7 heteroatoms. The highest BCUT2D eigenvalue weighted by Crippen LogP contribution is 2.22. The van der Waals surface area contributed by atoms with Gasteiger partial charge < -0.3 is 15.4 Å². The molecule has 0 aliphatic carbocycles. The van der Waals surface area contributed by atoms with Crippen LogP contribution in [0.3, 0.4) is 0 Å². The Morgan fingerprint density at radius 3 is 2.73 bits per heavy atom. The first kappa shape index (κ1) is 16.4. The molecule has 1 aromatic rings. The fraction of sp³-hybridized carbons (Fsp3) is 0.400. The molecule has 1 aromatic carbocycles.